The number of carboxylic acid groups (broad SMARTS) is 2. The standard InChI is InChI=1S/C4H6O6.C2H6O2.2Li/c5-3(6)9-1-2-10-4(7)8;3-1-2-4;;/h1-2H2,(H,5,6)(H,7,8);3-4H,1-2H2;;/q;;2*+1/p-2. The summed E-state index contributed by atoms with van der Waals surface area (Å²) in [5.74, 6) is 0. The van der Waals surface area contributed by atoms with Crippen LogP contribution in [0, 0.1) is 0 Å². The van der Waals surface area contributed by atoms with Gasteiger partial charge in [-0.25, -0.2) is 0 Å². The second kappa shape index (κ2) is 20.1. The Morgan fingerprint density at radius 3 is 1.25 bits per heavy atom. The molecule has 84 valence electrons. The summed E-state index contributed by atoms with van der Waals surface area (Å²) in [5, 5.41) is 34.2. The molecule has 0 aliphatic carbocycles. The fraction of sp³-hybridized carbons (Fsp3) is 0.667. The van der Waals surface area contributed by atoms with E-state index in [1.165, 1.54) is 0 Å². The van der Waals surface area contributed by atoms with Crippen molar-refractivity contribution in [2.45, 2.75) is 0 Å². The third kappa shape index (κ3) is 37.3. The molecule has 10 heteroatoms. The summed E-state index contributed by atoms with van der Waals surface area (Å²) in [5.41, 5.74) is 0. The van der Waals surface area contributed by atoms with E-state index in [4.69, 9.17) is 10.2 Å². The first-order valence-electron chi connectivity index (χ1n) is 3.43. The van der Waals surface area contributed by atoms with E-state index >= 15 is 0 Å². The van der Waals surface area contributed by atoms with Crippen molar-refractivity contribution >= 4 is 12.3 Å². The molecule has 0 amide bonds. The first-order valence-corrected chi connectivity index (χ1v) is 3.43. The maximum absolute atomic E-state index is 9.49. The van der Waals surface area contributed by atoms with E-state index < -0.39 is 12.3 Å². The van der Waals surface area contributed by atoms with Gasteiger partial charge in [0.25, 0.3) is 12.3 Å². The summed E-state index contributed by atoms with van der Waals surface area (Å²) < 4.78 is 7.56. The summed E-state index contributed by atoms with van der Waals surface area (Å²) in [6, 6.07) is 0. The van der Waals surface area contributed by atoms with Gasteiger partial charge in [-0.15, -0.1) is 0 Å². The monoisotopic (exact) mass is 224 g/mol. The molecule has 2 N–H and O–H groups in total. The first kappa shape index (κ1) is 24.8. The van der Waals surface area contributed by atoms with Crippen molar-refractivity contribution in [2.24, 2.45) is 0 Å². The van der Waals surface area contributed by atoms with Crippen molar-refractivity contribution in [1.82, 2.24) is 0 Å². The van der Waals surface area contributed by atoms with E-state index in [2.05, 4.69) is 9.47 Å². The van der Waals surface area contributed by atoms with Crippen LogP contribution in [0.3, 0.4) is 0 Å². The van der Waals surface area contributed by atoms with Gasteiger partial charge in [-0.2, -0.15) is 0 Å². The van der Waals surface area contributed by atoms with E-state index in [1.807, 2.05) is 0 Å². The zero-order valence-corrected chi connectivity index (χ0v) is 9.17. The molecule has 0 aliphatic heterocycles. The number of hydrogen-bond acceptors (Lipinski definition) is 8. The summed E-state index contributed by atoms with van der Waals surface area (Å²) in [7, 11) is 0. The minimum atomic E-state index is -1.72. The minimum absolute atomic E-state index is 0. The normalized spacial score (nSPS) is 7.12. The van der Waals surface area contributed by atoms with Crippen molar-refractivity contribution in [3.63, 3.8) is 0 Å². The minimum Gasteiger partial charge on any atom is -0.548 e. The fourth-order valence-electron chi connectivity index (χ4n) is 0.250. The van der Waals surface area contributed by atoms with E-state index in [0.717, 1.165) is 0 Å². The van der Waals surface area contributed by atoms with Gasteiger partial charge in [-0.05, 0) is 0 Å². The van der Waals surface area contributed by atoms with E-state index in [9.17, 15) is 19.8 Å². The van der Waals surface area contributed by atoms with Gasteiger partial charge in [0, 0.05) is 13.2 Å². The van der Waals surface area contributed by atoms with Crippen LogP contribution < -0.4 is 47.9 Å². The molecular formula is C6H10Li2O8. The Balaban J connectivity index is -0.000000105. The predicted octanol–water partition coefficient (Wildman–Crippen LogP) is -9.31. The zero-order chi connectivity index (χ0) is 11.4. The molecule has 16 heavy (non-hydrogen) atoms. The summed E-state index contributed by atoms with van der Waals surface area (Å²) in [4.78, 5) is 19.0. The number of hydrogen-bond donors (Lipinski definition) is 2. The molecule has 0 spiro atoms. The van der Waals surface area contributed by atoms with Crippen LogP contribution in [-0.2, 0) is 9.47 Å². The summed E-state index contributed by atoms with van der Waals surface area (Å²) in [6.45, 7) is -1.01. The second-order valence-corrected chi connectivity index (χ2v) is 1.64. The molecule has 0 unspecified atom stereocenters. The Morgan fingerprint density at radius 2 is 1.12 bits per heavy atom. The molecule has 0 radical (unpaired) electrons. The third-order valence-electron chi connectivity index (χ3n) is 0.623. The molecule has 0 bridgehead atoms. The second-order valence-electron chi connectivity index (χ2n) is 1.64. The SMILES string of the molecule is O=C([O-])OCCOC(=O)[O-].OCCO.[Li+].[Li+]. The van der Waals surface area contributed by atoms with Gasteiger partial charge in [0.05, 0.1) is 13.2 Å². The van der Waals surface area contributed by atoms with Gasteiger partial charge in [0.15, 0.2) is 0 Å². The van der Waals surface area contributed by atoms with E-state index in [1.54, 1.807) is 0 Å². The fourth-order valence-corrected chi connectivity index (χ4v) is 0.250. The van der Waals surface area contributed by atoms with Crippen LogP contribution in [0.1, 0.15) is 0 Å². The average molecular weight is 224 g/mol. The van der Waals surface area contributed by atoms with Crippen LogP contribution in [0.15, 0.2) is 0 Å². The van der Waals surface area contributed by atoms with E-state index in [-0.39, 0.29) is 64.1 Å². The number of aliphatic hydroxyl groups excluding tert-OH is 2. The summed E-state index contributed by atoms with van der Waals surface area (Å²) in [6.07, 6.45) is -3.44. The van der Waals surface area contributed by atoms with Gasteiger partial charge in [0.2, 0.25) is 0 Å². The average Bonchev–Trinajstić information content (AvgIpc) is 2.12. The molecule has 0 atom stereocenters. The van der Waals surface area contributed by atoms with Crippen LogP contribution in [0.25, 0.3) is 0 Å². The Morgan fingerprint density at radius 1 is 0.875 bits per heavy atom. The first-order chi connectivity index (χ1) is 6.54. The van der Waals surface area contributed by atoms with Crippen LogP contribution in [0.5, 0.6) is 0 Å². The Hall–Kier alpha value is -0.345. The number of aliphatic hydroxyl groups is 2. The molecule has 0 aromatic heterocycles. The van der Waals surface area contributed by atoms with Crippen LogP contribution in [0.2, 0.25) is 0 Å². The van der Waals surface area contributed by atoms with Gasteiger partial charge >= 0.3 is 37.7 Å². The Bertz CT molecular complexity index is 147. The molecule has 0 fully saturated rings. The zero-order valence-electron chi connectivity index (χ0n) is 9.17. The van der Waals surface area contributed by atoms with Crippen LogP contribution >= 0.6 is 0 Å². The molecule has 0 saturated carbocycles. The number of carbonyl (C=O) groups excluding carboxylic acids is 2. The van der Waals surface area contributed by atoms with Crippen molar-refractivity contribution < 1.29 is 77.2 Å². The van der Waals surface area contributed by atoms with Gasteiger partial charge in [-0.3, -0.25) is 0 Å². The van der Waals surface area contributed by atoms with Gasteiger partial charge in [0.1, 0.15) is 0 Å². The molecule has 0 rings (SSSR count). The van der Waals surface area contributed by atoms with Crippen LogP contribution in [0.4, 0.5) is 9.59 Å². The maximum atomic E-state index is 9.49. The number of rotatable bonds is 4. The Labute approximate surface area is 116 Å². The van der Waals surface area contributed by atoms with Gasteiger partial charge in [-0.1, -0.05) is 0 Å². The molecule has 8 nitrogen and oxygen atoms in total. The quantitative estimate of drug-likeness (QED) is 0.272. The van der Waals surface area contributed by atoms with Crippen molar-refractivity contribution in [3.05, 3.63) is 0 Å². The number of ether oxygens (including phenoxy) is 2. The topological polar surface area (TPSA) is 139 Å². The van der Waals surface area contributed by atoms with Crippen molar-refractivity contribution in [3.8, 4) is 0 Å². The largest absolute Gasteiger partial charge is 1.00 e. The molecule has 0 saturated heterocycles. The molecule has 0 heterocycles. The van der Waals surface area contributed by atoms with Gasteiger partial charge < -0.3 is 39.5 Å². The molecule has 0 aromatic carbocycles. The summed E-state index contributed by atoms with van der Waals surface area (Å²) >= 11 is 0. The van der Waals surface area contributed by atoms with Crippen LogP contribution in [-0.4, -0.2) is 49.0 Å². The van der Waals surface area contributed by atoms with Crippen molar-refractivity contribution in [1.29, 1.82) is 0 Å². The Kier molecular flexibility index (Phi) is 31.1. The third-order valence-corrected chi connectivity index (χ3v) is 0.623. The molecule has 0 aromatic rings. The number of carbonyl (C=O) groups is 2. The van der Waals surface area contributed by atoms with Crippen molar-refractivity contribution in [2.75, 3.05) is 26.4 Å². The smallest absolute Gasteiger partial charge is 0.548 e. The molecular weight excluding hydrogens is 214 g/mol. The molecule has 0 aliphatic rings. The van der Waals surface area contributed by atoms with E-state index in [0.29, 0.717) is 0 Å². The maximum Gasteiger partial charge on any atom is 1.00 e. The predicted molar refractivity (Wildman–Crippen MR) is 36.9 cm³/mol.